The van der Waals surface area contributed by atoms with Crippen molar-refractivity contribution in [2.24, 2.45) is 0 Å². The van der Waals surface area contributed by atoms with Crippen molar-refractivity contribution in [3.8, 4) is 0 Å². The Morgan fingerprint density at radius 1 is 0.500 bits per heavy atom. The van der Waals surface area contributed by atoms with Crippen molar-refractivity contribution in [1.29, 1.82) is 0 Å². The van der Waals surface area contributed by atoms with Crippen molar-refractivity contribution in [2.45, 2.75) is 122 Å². The predicted molar refractivity (Wildman–Crippen MR) is 112 cm³/mol. The van der Waals surface area contributed by atoms with E-state index in [-0.39, 0.29) is 0 Å². The fraction of sp³-hybridized carbons (Fsp3) is 0.913. The van der Waals surface area contributed by atoms with E-state index in [0.29, 0.717) is 0 Å². The molecule has 0 aromatic heterocycles. The Morgan fingerprint density at radius 2 is 0.833 bits per heavy atom. The van der Waals surface area contributed by atoms with Gasteiger partial charge in [-0.15, -0.1) is 0 Å². The molecule has 0 aliphatic rings. The zero-order chi connectivity index (χ0) is 17.7. The lowest BCUT2D eigenvalue weighted by Gasteiger charge is -2.04. The molecule has 0 fully saturated rings. The highest BCUT2D eigenvalue weighted by Crippen LogP contribution is 2.14. The molecule has 0 saturated carbocycles. The van der Waals surface area contributed by atoms with E-state index in [4.69, 9.17) is 0 Å². The summed E-state index contributed by atoms with van der Waals surface area (Å²) in [6, 6.07) is 0. The van der Waals surface area contributed by atoms with Gasteiger partial charge in [-0.1, -0.05) is 116 Å². The molecule has 0 aliphatic heterocycles. The van der Waals surface area contributed by atoms with Crippen LogP contribution in [0.4, 0.5) is 0 Å². The van der Waals surface area contributed by atoms with Crippen LogP contribution in [0.25, 0.3) is 0 Å². The minimum absolute atomic E-state index is 1.25. The Bertz CT molecular complexity index is 244. The molecule has 0 radical (unpaired) electrons. The highest BCUT2D eigenvalue weighted by atomic mass is 15.0. The van der Waals surface area contributed by atoms with Gasteiger partial charge in [-0.3, -0.25) is 0 Å². The summed E-state index contributed by atoms with van der Waals surface area (Å²) < 4.78 is 0. The molecule has 0 atom stereocenters. The van der Waals surface area contributed by atoms with Gasteiger partial charge in [0.15, 0.2) is 0 Å². The number of hydrogen-bond donors (Lipinski definition) is 0. The quantitative estimate of drug-likeness (QED) is 0.215. The van der Waals surface area contributed by atoms with Crippen LogP contribution in [0.15, 0.2) is 12.3 Å². The summed E-state index contributed by atoms with van der Waals surface area (Å²) in [5.41, 5.74) is 0. The average Bonchev–Trinajstić information content (AvgIpc) is 2.56. The van der Waals surface area contributed by atoms with E-state index >= 15 is 0 Å². The van der Waals surface area contributed by atoms with E-state index in [9.17, 15) is 0 Å². The third kappa shape index (κ3) is 21.5. The summed E-state index contributed by atoms with van der Waals surface area (Å²) in [5.74, 6) is 0. The van der Waals surface area contributed by atoms with Gasteiger partial charge >= 0.3 is 0 Å². The van der Waals surface area contributed by atoms with Crippen molar-refractivity contribution in [3.05, 3.63) is 12.3 Å². The van der Waals surface area contributed by atoms with Gasteiger partial charge in [0.25, 0.3) is 0 Å². The van der Waals surface area contributed by atoms with Crippen LogP contribution < -0.4 is 0 Å². The first kappa shape index (κ1) is 23.5. The number of allylic oxidation sites excluding steroid dienone is 1. The van der Waals surface area contributed by atoms with E-state index in [2.05, 4.69) is 38.2 Å². The third-order valence-corrected chi connectivity index (χ3v) is 4.88. The normalized spacial score (nSPS) is 11.5. The van der Waals surface area contributed by atoms with Crippen LogP contribution in [0, 0.1) is 0 Å². The van der Waals surface area contributed by atoms with Crippen LogP contribution in [0.5, 0.6) is 0 Å². The zero-order valence-electron chi connectivity index (χ0n) is 17.3. The molecule has 0 aromatic carbocycles. The van der Waals surface area contributed by atoms with Gasteiger partial charge in [-0.25, -0.2) is 0 Å². The molecule has 0 saturated heterocycles. The Morgan fingerprint density at radius 3 is 1.17 bits per heavy atom. The fourth-order valence-corrected chi connectivity index (χ4v) is 3.27. The van der Waals surface area contributed by atoms with Gasteiger partial charge in [-0.05, 0) is 19.0 Å². The predicted octanol–water partition coefficient (Wildman–Crippen LogP) is 8.10. The Labute approximate surface area is 154 Å². The molecule has 0 unspecified atom stereocenters. The first-order chi connectivity index (χ1) is 11.8. The minimum Gasteiger partial charge on any atom is -0.384 e. The lowest BCUT2D eigenvalue weighted by atomic mass is 10.0. The molecule has 1 heteroatoms. The van der Waals surface area contributed by atoms with Crippen LogP contribution in [-0.2, 0) is 0 Å². The van der Waals surface area contributed by atoms with Crippen LogP contribution in [-0.4, -0.2) is 19.0 Å². The van der Waals surface area contributed by atoms with Crippen molar-refractivity contribution in [1.82, 2.24) is 4.90 Å². The second-order valence-electron chi connectivity index (χ2n) is 7.79. The summed E-state index contributed by atoms with van der Waals surface area (Å²) in [6.45, 7) is 2.30. The second kappa shape index (κ2) is 20.6. The monoisotopic (exact) mass is 337 g/mol. The van der Waals surface area contributed by atoms with Gasteiger partial charge < -0.3 is 4.90 Å². The van der Waals surface area contributed by atoms with Gasteiger partial charge in [-0.2, -0.15) is 0 Å². The third-order valence-electron chi connectivity index (χ3n) is 4.88. The molecule has 0 aliphatic carbocycles. The van der Waals surface area contributed by atoms with Crippen LogP contribution in [0.2, 0.25) is 0 Å². The maximum atomic E-state index is 2.30. The molecule has 0 rings (SSSR count). The van der Waals surface area contributed by atoms with Crippen LogP contribution in [0.1, 0.15) is 122 Å². The summed E-state index contributed by atoms with van der Waals surface area (Å²) in [7, 11) is 4.18. The van der Waals surface area contributed by atoms with E-state index in [1.807, 2.05) is 0 Å². The minimum atomic E-state index is 1.25. The molecule has 144 valence electrons. The summed E-state index contributed by atoms with van der Waals surface area (Å²) in [4.78, 5) is 2.12. The summed E-state index contributed by atoms with van der Waals surface area (Å²) in [5, 5.41) is 0. The van der Waals surface area contributed by atoms with E-state index < -0.39 is 0 Å². The van der Waals surface area contributed by atoms with Crippen LogP contribution in [0.3, 0.4) is 0 Å². The standard InChI is InChI=1S/C23H47N/c1-4-5-6-7-8-9-10-11-12-13-14-15-16-17-18-19-20-21-22-23-24(2)3/h22-23H,4-21H2,1-3H3. The van der Waals surface area contributed by atoms with Gasteiger partial charge in [0.2, 0.25) is 0 Å². The lowest BCUT2D eigenvalue weighted by Crippen LogP contribution is -1.99. The van der Waals surface area contributed by atoms with Crippen molar-refractivity contribution in [3.63, 3.8) is 0 Å². The Hall–Kier alpha value is -0.460. The van der Waals surface area contributed by atoms with E-state index in [0.717, 1.165) is 0 Å². The summed E-state index contributed by atoms with van der Waals surface area (Å²) >= 11 is 0. The molecular weight excluding hydrogens is 290 g/mol. The maximum Gasteiger partial charge on any atom is 0.00555 e. The van der Waals surface area contributed by atoms with E-state index in [1.165, 1.54) is 116 Å². The van der Waals surface area contributed by atoms with Crippen molar-refractivity contribution in [2.75, 3.05) is 14.1 Å². The first-order valence-corrected chi connectivity index (χ1v) is 11.1. The molecule has 0 spiro atoms. The van der Waals surface area contributed by atoms with Gasteiger partial charge in [0, 0.05) is 14.1 Å². The highest BCUT2D eigenvalue weighted by molar-refractivity contribution is 4.78. The number of unbranched alkanes of at least 4 members (excludes halogenated alkanes) is 17. The number of rotatable bonds is 19. The smallest absolute Gasteiger partial charge is 0.00555 e. The average molecular weight is 338 g/mol. The Balaban J connectivity index is 3.00. The lowest BCUT2D eigenvalue weighted by molar-refractivity contribution is 0.527. The van der Waals surface area contributed by atoms with Crippen molar-refractivity contribution >= 4 is 0 Å². The highest BCUT2D eigenvalue weighted by Gasteiger charge is 1.94. The zero-order valence-corrected chi connectivity index (χ0v) is 17.3. The SMILES string of the molecule is CCCCCCCCCCCCCCCCCCCC=CN(C)C. The molecule has 1 nitrogen and oxygen atoms in total. The molecule has 0 aromatic rings. The second-order valence-corrected chi connectivity index (χ2v) is 7.79. The summed E-state index contributed by atoms with van der Waals surface area (Å²) in [6.07, 6.45) is 30.4. The molecule has 0 bridgehead atoms. The maximum absolute atomic E-state index is 2.30. The number of hydrogen-bond acceptors (Lipinski definition) is 1. The number of nitrogens with zero attached hydrogens (tertiary/aromatic N) is 1. The van der Waals surface area contributed by atoms with Gasteiger partial charge in [0.05, 0.1) is 0 Å². The Kier molecular flexibility index (Phi) is 20.2. The fourth-order valence-electron chi connectivity index (χ4n) is 3.27. The molecule has 24 heavy (non-hydrogen) atoms. The first-order valence-electron chi connectivity index (χ1n) is 11.1. The van der Waals surface area contributed by atoms with E-state index in [1.54, 1.807) is 0 Å². The molecular formula is C23H47N. The molecule has 0 heterocycles. The molecule has 0 N–H and O–H groups in total. The van der Waals surface area contributed by atoms with Crippen LogP contribution >= 0.6 is 0 Å². The van der Waals surface area contributed by atoms with Gasteiger partial charge in [0.1, 0.15) is 0 Å². The molecule has 0 amide bonds. The topological polar surface area (TPSA) is 3.24 Å². The largest absolute Gasteiger partial charge is 0.384 e. The van der Waals surface area contributed by atoms with Crippen molar-refractivity contribution < 1.29 is 0 Å².